The molecule has 0 fully saturated rings. The number of carbonyl (C=O) groups is 1. The monoisotopic (exact) mass is 215 g/mol. The molecule has 47 valence electrons. The number of hydrogen-bond donors (Lipinski definition) is 1. The average Bonchev–Trinajstić information content (AvgIpc) is 1.36. The van der Waals surface area contributed by atoms with E-state index in [1.54, 1.807) is 0 Å². The van der Waals surface area contributed by atoms with Crippen molar-refractivity contribution in [1.29, 1.82) is 0 Å². The molecule has 4 heteroatoms. The first-order valence-electron chi connectivity index (χ1n) is 1.51. The van der Waals surface area contributed by atoms with Crippen LogP contribution in [0.3, 0.4) is 0 Å². The van der Waals surface area contributed by atoms with Crippen molar-refractivity contribution in [2.75, 3.05) is 0 Å². The van der Waals surface area contributed by atoms with Gasteiger partial charge < -0.3 is 5.11 Å². The van der Waals surface area contributed by atoms with Gasteiger partial charge in [-0.05, 0) is 6.92 Å². The molecule has 0 spiro atoms. The van der Waals surface area contributed by atoms with Gasteiger partial charge in [-0.25, -0.2) is 0 Å². The molecule has 0 heterocycles. The maximum absolute atomic E-state index is 9.57. The Kier molecular flexibility index (Phi) is 6.96. The zero-order valence-electron chi connectivity index (χ0n) is 3.61. The van der Waals surface area contributed by atoms with E-state index in [9.17, 15) is 4.79 Å². The predicted molar refractivity (Wildman–Crippen MR) is 23.0 cm³/mol. The third-order valence-electron chi connectivity index (χ3n) is 0.340. The fourth-order valence-corrected chi connectivity index (χ4v) is 0. The van der Waals surface area contributed by atoms with E-state index >= 15 is 0 Å². The van der Waals surface area contributed by atoms with Crippen LogP contribution in [0.1, 0.15) is 6.92 Å². The van der Waals surface area contributed by atoms with Gasteiger partial charge in [0.2, 0.25) is 0 Å². The van der Waals surface area contributed by atoms with E-state index in [-0.39, 0.29) is 22.4 Å². The van der Waals surface area contributed by atoms with Crippen molar-refractivity contribution in [2.45, 2.75) is 12.3 Å². The summed E-state index contributed by atoms with van der Waals surface area (Å²) in [5.41, 5.74) is 0. The second-order valence-electron chi connectivity index (χ2n) is 0.954. The molecule has 0 rings (SSSR count). The second kappa shape index (κ2) is 4.65. The molecule has 1 N–H and O–H groups in total. The Hall–Kier alpha value is 0.500. The molecule has 0 saturated carbocycles. The van der Waals surface area contributed by atoms with Crippen LogP contribution in [-0.2, 0) is 27.2 Å². The zero-order valence-corrected chi connectivity index (χ0v) is 5.85. The maximum atomic E-state index is 9.57. The van der Waals surface area contributed by atoms with Gasteiger partial charge in [0.1, 0.15) is 5.38 Å². The standard InChI is InChI=1S/C3H5ClO2.Ag/c1-2(4)3(5)6;/h2H,1H3,(H,5,6);. The van der Waals surface area contributed by atoms with Crippen molar-refractivity contribution < 1.29 is 32.3 Å². The van der Waals surface area contributed by atoms with Gasteiger partial charge in [-0.1, -0.05) is 0 Å². The quantitative estimate of drug-likeness (QED) is 0.517. The van der Waals surface area contributed by atoms with Crippen LogP contribution in [0.5, 0.6) is 0 Å². The molecule has 0 aromatic heterocycles. The molecule has 1 unspecified atom stereocenters. The van der Waals surface area contributed by atoms with Gasteiger partial charge in [-0.2, -0.15) is 0 Å². The molecule has 0 saturated heterocycles. The van der Waals surface area contributed by atoms with Gasteiger partial charge in [-0.15, -0.1) is 11.6 Å². The number of carboxylic acids is 1. The molecule has 0 aliphatic carbocycles. The van der Waals surface area contributed by atoms with Crippen molar-refractivity contribution >= 4 is 17.6 Å². The molecule has 0 aromatic rings. The zero-order chi connectivity index (χ0) is 5.15. The van der Waals surface area contributed by atoms with Crippen LogP contribution in [0.25, 0.3) is 0 Å². The summed E-state index contributed by atoms with van der Waals surface area (Å²) in [6, 6.07) is 0. The second-order valence-corrected chi connectivity index (χ2v) is 1.61. The summed E-state index contributed by atoms with van der Waals surface area (Å²) in [5, 5.41) is 7.10. The third kappa shape index (κ3) is 6.50. The van der Waals surface area contributed by atoms with Gasteiger partial charge in [0.15, 0.2) is 0 Å². The van der Waals surface area contributed by atoms with E-state index in [0.717, 1.165) is 0 Å². The van der Waals surface area contributed by atoms with Gasteiger partial charge in [0.25, 0.3) is 0 Å². The predicted octanol–water partition coefficient (Wildman–Crippen LogP) is 0.696. The average molecular weight is 216 g/mol. The molecular weight excluding hydrogens is 211 g/mol. The van der Waals surface area contributed by atoms with Crippen LogP contribution in [-0.4, -0.2) is 16.5 Å². The maximum Gasteiger partial charge on any atom is 0.321 e. The first-order valence-corrected chi connectivity index (χ1v) is 1.95. The van der Waals surface area contributed by atoms with Crippen molar-refractivity contribution in [2.24, 2.45) is 0 Å². The normalized spacial score (nSPS) is 11.7. The number of halogens is 1. The first-order chi connectivity index (χ1) is 2.64. The number of rotatable bonds is 1. The van der Waals surface area contributed by atoms with Crippen LogP contribution in [0.2, 0.25) is 0 Å². The van der Waals surface area contributed by atoms with Gasteiger partial charge >= 0.3 is 5.97 Å². The molecule has 7 heavy (non-hydrogen) atoms. The topological polar surface area (TPSA) is 37.3 Å². The molecular formula is C3H5AgClO2. The van der Waals surface area contributed by atoms with Crippen LogP contribution in [0.15, 0.2) is 0 Å². The van der Waals surface area contributed by atoms with Crippen molar-refractivity contribution in [3.05, 3.63) is 0 Å². The third-order valence-corrected chi connectivity index (χ3v) is 0.527. The molecule has 1 radical (unpaired) electrons. The Balaban J connectivity index is 0. The molecule has 2 nitrogen and oxygen atoms in total. The van der Waals surface area contributed by atoms with Gasteiger partial charge in [0.05, 0.1) is 0 Å². The Labute approximate surface area is 62.4 Å². The smallest absolute Gasteiger partial charge is 0.321 e. The summed E-state index contributed by atoms with van der Waals surface area (Å²) in [5.74, 6) is -0.975. The van der Waals surface area contributed by atoms with E-state index in [4.69, 9.17) is 16.7 Å². The van der Waals surface area contributed by atoms with Gasteiger partial charge in [-0.3, -0.25) is 4.79 Å². The summed E-state index contributed by atoms with van der Waals surface area (Å²) in [6.07, 6.45) is 0. The Morgan fingerprint density at radius 1 is 1.86 bits per heavy atom. The summed E-state index contributed by atoms with van der Waals surface area (Å²) in [6.45, 7) is 1.41. The minimum absolute atomic E-state index is 0. The van der Waals surface area contributed by atoms with Crippen LogP contribution in [0.4, 0.5) is 0 Å². The van der Waals surface area contributed by atoms with Crippen molar-refractivity contribution in [3.8, 4) is 0 Å². The molecule has 0 aliphatic rings. The first kappa shape index (κ1) is 10.5. The molecule has 1 atom stereocenters. The van der Waals surface area contributed by atoms with Crippen LogP contribution in [0, 0.1) is 0 Å². The van der Waals surface area contributed by atoms with Crippen LogP contribution >= 0.6 is 11.6 Å². The van der Waals surface area contributed by atoms with E-state index in [1.165, 1.54) is 6.92 Å². The largest absolute Gasteiger partial charge is 0.480 e. The number of alkyl halides is 1. The SMILES string of the molecule is CC(Cl)C(=O)O.[Ag]. The summed E-state index contributed by atoms with van der Waals surface area (Å²) in [7, 11) is 0. The molecule has 0 bridgehead atoms. The Morgan fingerprint density at radius 2 is 2.00 bits per heavy atom. The molecule has 0 aliphatic heterocycles. The van der Waals surface area contributed by atoms with Crippen molar-refractivity contribution in [1.82, 2.24) is 0 Å². The van der Waals surface area contributed by atoms with E-state index < -0.39 is 11.3 Å². The minimum Gasteiger partial charge on any atom is -0.480 e. The van der Waals surface area contributed by atoms with E-state index in [0.29, 0.717) is 0 Å². The fourth-order valence-electron chi connectivity index (χ4n) is 0. The molecule has 0 aromatic carbocycles. The summed E-state index contributed by atoms with van der Waals surface area (Å²) < 4.78 is 0. The fraction of sp³-hybridized carbons (Fsp3) is 0.667. The van der Waals surface area contributed by atoms with Gasteiger partial charge in [0, 0.05) is 22.4 Å². The van der Waals surface area contributed by atoms with E-state index in [1.807, 2.05) is 0 Å². The number of hydrogen-bond acceptors (Lipinski definition) is 1. The summed E-state index contributed by atoms with van der Waals surface area (Å²) >= 11 is 5.01. The molecule has 0 amide bonds. The van der Waals surface area contributed by atoms with E-state index in [2.05, 4.69) is 0 Å². The number of carboxylic acid groups (broad SMARTS) is 1. The van der Waals surface area contributed by atoms with Crippen LogP contribution < -0.4 is 0 Å². The minimum atomic E-state index is -0.975. The Bertz CT molecular complexity index is 64.0. The summed E-state index contributed by atoms with van der Waals surface area (Å²) in [4.78, 5) is 9.57. The Morgan fingerprint density at radius 3 is 2.00 bits per heavy atom. The van der Waals surface area contributed by atoms with Crippen molar-refractivity contribution in [3.63, 3.8) is 0 Å². The number of aliphatic carboxylic acids is 1.